The molecule has 6 aromatic heterocycles. The molecule has 9 aromatic carbocycles. The molecule has 0 amide bonds. The minimum absolute atomic E-state index is 0.0132. The van der Waals surface area contributed by atoms with Crippen molar-refractivity contribution in [1.29, 1.82) is 0 Å². The van der Waals surface area contributed by atoms with Gasteiger partial charge in [0.15, 0.2) is 0 Å². The van der Waals surface area contributed by atoms with E-state index in [1.54, 1.807) is 0 Å². The van der Waals surface area contributed by atoms with E-state index in [0.29, 0.717) is 0 Å². The first kappa shape index (κ1) is 39.4. The molecule has 0 radical (unpaired) electrons. The molecule has 6 heterocycles. The van der Waals surface area contributed by atoms with Gasteiger partial charge in [-0.25, -0.2) is 0 Å². The van der Waals surface area contributed by atoms with E-state index < -0.39 is 0 Å². The summed E-state index contributed by atoms with van der Waals surface area (Å²) in [7, 11) is 0. The predicted octanol–water partition coefficient (Wildman–Crippen LogP) is 18.4. The Morgan fingerprint density at radius 3 is 1.13 bits per heavy atom. The summed E-state index contributed by atoms with van der Waals surface area (Å²) in [6.45, 7) is 21.2. The van der Waals surface area contributed by atoms with Crippen LogP contribution in [0.5, 0.6) is 0 Å². The number of benzene rings is 9. The zero-order valence-corrected chi connectivity index (χ0v) is 40.9. The Balaban J connectivity index is 1.11. The zero-order chi connectivity index (χ0) is 46.8. The minimum atomic E-state index is -0.0673. The first-order chi connectivity index (χ1) is 33.1. The lowest BCUT2D eigenvalue weighted by molar-refractivity contribution is 0.590. The second-order valence-corrected chi connectivity index (χ2v) is 23.5. The standard InChI is InChI=1S/C66H53N3/c1-64(2,3)40-21-23-54-44(29-40)48-30-41(65(4,5)6)31-49-45-35-58-46(34-57(45)68(54)61(48)49)50-32-42(66(7,8)9)33-52-60-56(69(58)63(50)52)25-24-55-59(60)51-28-39(37-18-14-11-15-19-37)27-47-43-26-38(36-16-12-10-13-17-36)20-22-53(43)67(55)62(47)51/h10-35H,1-9H3. The van der Waals surface area contributed by atoms with E-state index in [9.17, 15) is 0 Å². The first-order valence-electron chi connectivity index (χ1n) is 24.8. The van der Waals surface area contributed by atoms with Crippen LogP contribution in [0.2, 0.25) is 0 Å². The van der Waals surface area contributed by atoms with Crippen molar-refractivity contribution in [3.05, 3.63) is 174 Å². The highest BCUT2D eigenvalue weighted by Gasteiger charge is 2.30. The lowest BCUT2D eigenvalue weighted by Gasteiger charge is -2.20. The molecule has 15 rings (SSSR count). The van der Waals surface area contributed by atoms with Crippen LogP contribution >= 0.6 is 0 Å². The second kappa shape index (κ2) is 12.7. The van der Waals surface area contributed by atoms with E-state index in [4.69, 9.17) is 0 Å². The van der Waals surface area contributed by atoms with Gasteiger partial charge in [0, 0.05) is 64.6 Å². The molecule has 0 spiro atoms. The summed E-state index contributed by atoms with van der Waals surface area (Å²) in [5.41, 5.74) is 20.6. The van der Waals surface area contributed by atoms with Gasteiger partial charge in [-0.15, -0.1) is 0 Å². The molecular weight excluding hydrogens is 835 g/mol. The molecule has 3 heteroatoms. The van der Waals surface area contributed by atoms with E-state index in [1.165, 1.54) is 153 Å². The number of nitrogens with zero attached hydrogens (tertiary/aromatic N) is 3. The van der Waals surface area contributed by atoms with Crippen LogP contribution in [-0.4, -0.2) is 13.2 Å². The van der Waals surface area contributed by atoms with Crippen molar-refractivity contribution in [1.82, 2.24) is 13.2 Å². The fourth-order valence-electron chi connectivity index (χ4n) is 12.7. The fourth-order valence-corrected chi connectivity index (χ4v) is 12.7. The third-order valence-electron chi connectivity index (χ3n) is 16.2. The molecule has 0 N–H and O–H groups in total. The summed E-state index contributed by atoms with van der Waals surface area (Å²) in [6, 6.07) is 61.0. The summed E-state index contributed by atoms with van der Waals surface area (Å²) in [5.74, 6) is 0. The summed E-state index contributed by atoms with van der Waals surface area (Å²) < 4.78 is 7.79. The number of fused-ring (bicyclic) bond motifs is 19. The molecule has 0 saturated carbocycles. The van der Waals surface area contributed by atoms with Crippen LogP contribution in [-0.2, 0) is 16.2 Å². The normalized spacial score (nSPS) is 13.6. The molecule has 0 aliphatic heterocycles. The molecule has 0 fully saturated rings. The fraction of sp³-hybridized carbons (Fsp3) is 0.182. The van der Waals surface area contributed by atoms with Crippen LogP contribution in [0.3, 0.4) is 0 Å². The molecule has 0 saturated heterocycles. The predicted molar refractivity (Wildman–Crippen MR) is 297 cm³/mol. The van der Waals surface area contributed by atoms with E-state index in [1.807, 2.05) is 0 Å². The van der Waals surface area contributed by atoms with Crippen LogP contribution in [0.15, 0.2) is 158 Å². The Hall–Kier alpha value is -7.62. The molecule has 0 unspecified atom stereocenters. The Labute approximate surface area is 400 Å². The van der Waals surface area contributed by atoms with Crippen LogP contribution in [0, 0.1) is 0 Å². The van der Waals surface area contributed by atoms with E-state index in [-0.39, 0.29) is 16.2 Å². The van der Waals surface area contributed by atoms with E-state index >= 15 is 0 Å². The van der Waals surface area contributed by atoms with Gasteiger partial charge >= 0.3 is 0 Å². The molecular formula is C66H53N3. The number of rotatable bonds is 2. The molecule has 0 aliphatic rings. The molecule has 0 aliphatic carbocycles. The van der Waals surface area contributed by atoms with Crippen molar-refractivity contribution in [3.8, 4) is 22.3 Å². The maximum absolute atomic E-state index is 2.63. The van der Waals surface area contributed by atoms with Crippen molar-refractivity contribution < 1.29 is 0 Å². The minimum Gasteiger partial charge on any atom is -0.308 e. The Morgan fingerprint density at radius 2 is 0.594 bits per heavy atom. The third-order valence-corrected chi connectivity index (χ3v) is 16.2. The van der Waals surface area contributed by atoms with Gasteiger partial charge in [0.05, 0.1) is 49.7 Å². The lowest BCUT2D eigenvalue weighted by atomic mass is 9.84. The molecule has 0 atom stereocenters. The van der Waals surface area contributed by atoms with Crippen molar-refractivity contribution in [2.24, 2.45) is 0 Å². The zero-order valence-electron chi connectivity index (χ0n) is 40.9. The highest BCUT2D eigenvalue weighted by atomic mass is 14.9. The van der Waals surface area contributed by atoms with Gasteiger partial charge in [-0.05, 0) is 140 Å². The number of aromatic nitrogens is 3. The van der Waals surface area contributed by atoms with Crippen LogP contribution in [0.4, 0.5) is 0 Å². The van der Waals surface area contributed by atoms with Crippen molar-refractivity contribution in [2.45, 2.75) is 78.6 Å². The summed E-state index contributed by atoms with van der Waals surface area (Å²) >= 11 is 0. The van der Waals surface area contributed by atoms with Crippen molar-refractivity contribution >= 4 is 114 Å². The number of hydrogen-bond acceptors (Lipinski definition) is 0. The van der Waals surface area contributed by atoms with Gasteiger partial charge in [0.1, 0.15) is 0 Å². The average Bonchev–Trinajstić information content (AvgIpc) is 4.17. The third kappa shape index (κ3) is 5.07. The quantitative estimate of drug-likeness (QED) is 0.164. The van der Waals surface area contributed by atoms with Crippen molar-refractivity contribution in [2.75, 3.05) is 0 Å². The maximum Gasteiger partial charge on any atom is 0.0621 e. The van der Waals surface area contributed by atoms with Crippen LogP contribution in [0.1, 0.15) is 79.0 Å². The van der Waals surface area contributed by atoms with E-state index in [2.05, 4.69) is 233 Å². The number of hydrogen-bond donors (Lipinski definition) is 0. The first-order valence-corrected chi connectivity index (χ1v) is 24.8. The second-order valence-electron chi connectivity index (χ2n) is 23.5. The summed E-state index contributed by atoms with van der Waals surface area (Å²) in [5, 5.41) is 15.9. The van der Waals surface area contributed by atoms with Gasteiger partial charge in [-0.1, -0.05) is 135 Å². The van der Waals surface area contributed by atoms with Crippen molar-refractivity contribution in [3.63, 3.8) is 0 Å². The van der Waals surface area contributed by atoms with Gasteiger partial charge in [0.25, 0.3) is 0 Å². The SMILES string of the molecule is CC(C)(C)c1ccc2c(c1)c1cc(C(C)(C)C)cc3c4cc5c(cc4n2c13)c1cc(C(C)(C)C)cc2c3c4c6cc(-c7ccccc7)cc7c8cc(-c9ccccc9)ccc8n(c4ccc3n5c12)c76. The molecule has 15 aromatic rings. The Bertz CT molecular complexity index is 4670. The smallest absolute Gasteiger partial charge is 0.0621 e. The molecule has 69 heavy (non-hydrogen) atoms. The Kier molecular flexibility index (Phi) is 7.26. The van der Waals surface area contributed by atoms with Crippen LogP contribution in [0.25, 0.3) is 137 Å². The average molecular weight is 888 g/mol. The lowest BCUT2D eigenvalue weighted by Crippen LogP contribution is -2.11. The molecule has 332 valence electrons. The summed E-state index contributed by atoms with van der Waals surface area (Å²) in [4.78, 5) is 0. The monoisotopic (exact) mass is 887 g/mol. The van der Waals surface area contributed by atoms with Gasteiger partial charge in [-0.3, -0.25) is 0 Å². The van der Waals surface area contributed by atoms with Crippen LogP contribution < -0.4 is 0 Å². The summed E-state index contributed by atoms with van der Waals surface area (Å²) in [6.07, 6.45) is 0. The maximum atomic E-state index is 2.63. The molecule has 3 nitrogen and oxygen atoms in total. The highest BCUT2D eigenvalue weighted by molar-refractivity contribution is 6.37. The largest absolute Gasteiger partial charge is 0.308 e. The topological polar surface area (TPSA) is 13.2 Å². The molecule has 0 bridgehead atoms. The Morgan fingerprint density at radius 1 is 0.246 bits per heavy atom. The van der Waals surface area contributed by atoms with Gasteiger partial charge < -0.3 is 13.2 Å². The van der Waals surface area contributed by atoms with E-state index in [0.717, 1.165) is 0 Å². The van der Waals surface area contributed by atoms with Gasteiger partial charge in [-0.2, -0.15) is 0 Å². The van der Waals surface area contributed by atoms with Gasteiger partial charge in [0.2, 0.25) is 0 Å². The highest BCUT2D eigenvalue weighted by Crippen LogP contribution is 2.51.